The molecule has 5 heteroatoms. The molecule has 1 amide bonds. The molecule has 1 aromatic rings. The predicted molar refractivity (Wildman–Crippen MR) is 70.5 cm³/mol. The molecular formula is C13H22N4O. The van der Waals surface area contributed by atoms with E-state index in [1.54, 1.807) is 12.3 Å². The molecule has 0 bridgehead atoms. The second kappa shape index (κ2) is 6.54. The standard InChI is InChI=1S/C13H22N4O/c1-2-17(13(18)12-6-7-14-15-12)11-5-10-16-8-3-4-9-16/h6-7H,2-5,8-11H2,1H3,(H,14,15). The number of carbonyl (C=O) groups excluding carboxylic acids is 1. The van der Waals surface area contributed by atoms with E-state index >= 15 is 0 Å². The zero-order valence-electron chi connectivity index (χ0n) is 11.1. The first-order chi connectivity index (χ1) is 8.81. The molecule has 1 N–H and O–H groups in total. The van der Waals surface area contributed by atoms with Gasteiger partial charge in [-0.2, -0.15) is 5.10 Å². The Kier molecular flexibility index (Phi) is 4.75. The maximum absolute atomic E-state index is 12.1. The van der Waals surface area contributed by atoms with Crippen molar-refractivity contribution in [1.82, 2.24) is 20.0 Å². The van der Waals surface area contributed by atoms with Gasteiger partial charge < -0.3 is 9.80 Å². The number of hydrogen-bond acceptors (Lipinski definition) is 3. The molecule has 18 heavy (non-hydrogen) atoms. The van der Waals surface area contributed by atoms with Gasteiger partial charge in [0.15, 0.2) is 0 Å². The number of carbonyl (C=O) groups is 1. The number of amides is 1. The molecule has 0 unspecified atom stereocenters. The first-order valence-corrected chi connectivity index (χ1v) is 6.82. The van der Waals surface area contributed by atoms with Crippen molar-refractivity contribution in [3.8, 4) is 0 Å². The Morgan fingerprint density at radius 2 is 2.28 bits per heavy atom. The molecular weight excluding hydrogens is 228 g/mol. The van der Waals surface area contributed by atoms with Crippen LogP contribution in [0.3, 0.4) is 0 Å². The van der Waals surface area contributed by atoms with Gasteiger partial charge in [-0.25, -0.2) is 0 Å². The summed E-state index contributed by atoms with van der Waals surface area (Å²) in [6.07, 6.45) is 5.31. The quantitative estimate of drug-likeness (QED) is 0.829. The summed E-state index contributed by atoms with van der Waals surface area (Å²) in [5, 5.41) is 6.55. The minimum Gasteiger partial charge on any atom is -0.338 e. The largest absolute Gasteiger partial charge is 0.338 e. The normalized spacial score (nSPS) is 16.1. The maximum atomic E-state index is 12.1. The van der Waals surface area contributed by atoms with Gasteiger partial charge in [-0.15, -0.1) is 0 Å². The summed E-state index contributed by atoms with van der Waals surface area (Å²) in [4.78, 5) is 16.5. The highest BCUT2D eigenvalue weighted by atomic mass is 16.2. The van der Waals surface area contributed by atoms with E-state index < -0.39 is 0 Å². The van der Waals surface area contributed by atoms with Crippen molar-refractivity contribution in [1.29, 1.82) is 0 Å². The minimum absolute atomic E-state index is 0.0522. The van der Waals surface area contributed by atoms with E-state index in [9.17, 15) is 4.79 Å². The summed E-state index contributed by atoms with van der Waals surface area (Å²) in [6, 6.07) is 1.73. The van der Waals surface area contributed by atoms with Gasteiger partial charge in [-0.1, -0.05) is 0 Å². The number of aromatic nitrogens is 2. The van der Waals surface area contributed by atoms with Crippen molar-refractivity contribution in [3.05, 3.63) is 18.0 Å². The van der Waals surface area contributed by atoms with Crippen LogP contribution in [0, 0.1) is 0 Å². The van der Waals surface area contributed by atoms with Crippen LogP contribution >= 0.6 is 0 Å². The second-order valence-corrected chi connectivity index (χ2v) is 4.76. The van der Waals surface area contributed by atoms with Gasteiger partial charge in [0.25, 0.3) is 5.91 Å². The van der Waals surface area contributed by atoms with E-state index in [1.807, 2.05) is 11.8 Å². The Bertz CT molecular complexity index is 357. The van der Waals surface area contributed by atoms with Gasteiger partial charge in [0.2, 0.25) is 0 Å². The highest BCUT2D eigenvalue weighted by molar-refractivity contribution is 5.92. The first kappa shape index (κ1) is 13.1. The maximum Gasteiger partial charge on any atom is 0.271 e. The van der Waals surface area contributed by atoms with Gasteiger partial charge in [-0.05, 0) is 51.9 Å². The first-order valence-electron chi connectivity index (χ1n) is 6.82. The summed E-state index contributed by atoms with van der Waals surface area (Å²) in [5.41, 5.74) is 0.582. The summed E-state index contributed by atoms with van der Waals surface area (Å²) in [7, 11) is 0. The van der Waals surface area contributed by atoms with Crippen LogP contribution in [0.4, 0.5) is 0 Å². The van der Waals surface area contributed by atoms with Gasteiger partial charge in [0.05, 0.1) is 0 Å². The number of rotatable bonds is 6. The second-order valence-electron chi connectivity index (χ2n) is 4.76. The monoisotopic (exact) mass is 250 g/mol. The molecule has 0 atom stereocenters. The van der Waals surface area contributed by atoms with Crippen molar-refractivity contribution in [2.24, 2.45) is 0 Å². The van der Waals surface area contributed by atoms with Crippen LogP contribution in [0.25, 0.3) is 0 Å². The van der Waals surface area contributed by atoms with Crippen LogP contribution < -0.4 is 0 Å². The zero-order valence-corrected chi connectivity index (χ0v) is 11.1. The molecule has 1 aliphatic heterocycles. The molecule has 0 aromatic carbocycles. The molecule has 0 aliphatic carbocycles. The predicted octanol–water partition coefficient (Wildman–Crippen LogP) is 1.36. The average Bonchev–Trinajstić information content (AvgIpc) is 3.06. The Balaban J connectivity index is 1.76. The van der Waals surface area contributed by atoms with Crippen molar-refractivity contribution in [3.63, 3.8) is 0 Å². The third kappa shape index (κ3) is 3.32. The van der Waals surface area contributed by atoms with Crippen molar-refractivity contribution >= 4 is 5.91 Å². The lowest BCUT2D eigenvalue weighted by molar-refractivity contribution is 0.0752. The SMILES string of the molecule is CCN(CCCN1CCCC1)C(=O)c1ccn[nH]1. The van der Waals surface area contributed by atoms with Crippen LogP contribution in [0.15, 0.2) is 12.3 Å². The average molecular weight is 250 g/mol. The summed E-state index contributed by atoms with van der Waals surface area (Å²) >= 11 is 0. The molecule has 1 fully saturated rings. The summed E-state index contributed by atoms with van der Waals surface area (Å²) in [6.45, 7) is 7.14. The highest BCUT2D eigenvalue weighted by Crippen LogP contribution is 2.08. The molecule has 0 saturated carbocycles. The minimum atomic E-state index is 0.0522. The number of H-pyrrole nitrogens is 1. The van der Waals surface area contributed by atoms with Gasteiger partial charge >= 0.3 is 0 Å². The van der Waals surface area contributed by atoms with E-state index in [0.717, 1.165) is 26.1 Å². The van der Waals surface area contributed by atoms with Crippen LogP contribution in [0.2, 0.25) is 0 Å². The molecule has 100 valence electrons. The van der Waals surface area contributed by atoms with Gasteiger partial charge in [-0.3, -0.25) is 9.89 Å². The Labute approximate surface area is 108 Å². The molecule has 0 spiro atoms. The number of aromatic amines is 1. The fourth-order valence-electron chi connectivity index (χ4n) is 2.44. The molecule has 0 radical (unpaired) electrons. The number of hydrogen-bond donors (Lipinski definition) is 1. The summed E-state index contributed by atoms with van der Waals surface area (Å²) < 4.78 is 0. The van der Waals surface area contributed by atoms with Crippen LogP contribution in [0.5, 0.6) is 0 Å². The molecule has 5 nitrogen and oxygen atoms in total. The molecule has 1 aromatic heterocycles. The fourth-order valence-corrected chi connectivity index (χ4v) is 2.44. The Morgan fingerprint density at radius 3 is 2.89 bits per heavy atom. The van der Waals surface area contributed by atoms with Gasteiger partial charge in [0, 0.05) is 19.3 Å². The Hall–Kier alpha value is -1.36. The van der Waals surface area contributed by atoms with E-state index in [2.05, 4.69) is 15.1 Å². The lowest BCUT2D eigenvalue weighted by Crippen LogP contribution is -2.34. The van der Waals surface area contributed by atoms with Crippen LogP contribution in [-0.4, -0.2) is 58.6 Å². The van der Waals surface area contributed by atoms with Crippen molar-refractivity contribution < 1.29 is 4.79 Å². The van der Waals surface area contributed by atoms with E-state index in [1.165, 1.54) is 25.9 Å². The Morgan fingerprint density at radius 1 is 1.50 bits per heavy atom. The fraction of sp³-hybridized carbons (Fsp3) is 0.692. The smallest absolute Gasteiger partial charge is 0.271 e. The van der Waals surface area contributed by atoms with Gasteiger partial charge in [0.1, 0.15) is 5.69 Å². The lowest BCUT2D eigenvalue weighted by atomic mass is 10.3. The molecule has 1 saturated heterocycles. The van der Waals surface area contributed by atoms with Crippen LogP contribution in [0.1, 0.15) is 36.7 Å². The third-order valence-electron chi connectivity index (χ3n) is 3.50. The van der Waals surface area contributed by atoms with E-state index in [0.29, 0.717) is 5.69 Å². The summed E-state index contributed by atoms with van der Waals surface area (Å²) in [5.74, 6) is 0.0522. The molecule has 1 aliphatic rings. The number of nitrogens with zero attached hydrogens (tertiary/aromatic N) is 3. The van der Waals surface area contributed by atoms with E-state index in [-0.39, 0.29) is 5.91 Å². The zero-order chi connectivity index (χ0) is 12.8. The van der Waals surface area contributed by atoms with Crippen molar-refractivity contribution in [2.75, 3.05) is 32.7 Å². The molecule has 2 rings (SSSR count). The number of likely N-dealkylation sites (tertiary alicyclic amines) is 1. The number of nitrogens with one attached hydrogen (secondary N) is 1. The topological polar surface area (TPSA) is 52.2 Å². The molecule has 2 heterocycles. The third-order valence-corrected chi connectivity index (χ3v) is 3.50. The lowest BCUT2D eigenvalue weighted by Gasteiger charge is -2.22. The van der Waals surface area contributed by atoms with Crippen LogP contribution in [-0.2, 0) is 0 Å². The van der Waals surface area contributed by atoms with Crippen molar-refractivity contribution in [2.45, 2.75) is 26.2 Å². The highest BCUT2D eigenvalue weighted by Gasteiger charge is 2.16. The van der Waals surface area contributed by atoms with E-state index in [4.69, 9.17) is 0 Å².